The molecule has 4 aromatic heterocycles. The molecule has 0 bridgehead atoms. The Morgan fingerprint density at radius 1 is 1.15 bits per heavy atom. The molecule has 0 aliphatic heterocycles. The molecule has 4 heterocycles. The lowest BCUT2D eigenvalue weighted by Gasteiger charge is -2.21. The van der Waals surface area contributed by atoms with Crippen molar-refractivity contribution in [3.63, 3.8) is 0 Å². The lowest BCUT2D eigenvalue weighted by molar-refractivity contribution is -0.138. The van der Waals surface area contributed by atoms with Crippen molar-refractivity contribution in [2.24, 2.45) is 0 Å². The van der Waals surface area contributed by atoms with E-state index in [1.54, 1.807) is 35.6 Å². The van der Waals surface area contributed by atoms with Gasteiger partial charge in [0.15, 0.2) is 11.5 Å². The van der Waals surface area contributed by atoms with Crippen LogP contribution >= 0.6 is 0 Å². The molecule has 14 heteroatoms. The highest BCUT2D eigenvalue weighted by Crippen LogP contribution is 2.32. The van der Waals surface area contributed by atoms with Crippen molar-refractivity contribution in [3.8, 4) is 11.4 Å². The van der Waals surface area contributed by atoms with E-state index in [2.05, 4.69) is 20.5 Å². The zero-order valence-electron chi connectivity index (χ0n) is 20.3. The number of pyridine rings is 2. The smallest absolute Gasteiger partial charge is 0.391 e. The van der Waals surface area contributed by atoms with Crippen molar-refractivity contribution in [2.45, 2.75) is 38.2 Å². The van der Waals surface area contributed by atoms with E-state index in [1.807, 2.05) is 0 Å². The fourth-order valence-electron chi connectivity index (χ4n) is 4.39. The van der Waals surface area contributed by atoms with Crippen LogP contribution < -0.4 is 16.4 Å². The molecule has 5 aromatic rings. The maximum Gasteiger partial charge on any atom is 0.423 e. The van der Waals surface area contributed by atoms with Crippen LogP contribution in [0, 0.1) is 5.82 Å². The van der Waals surface area contributed by atoms with Gasteiger partial charge in [0.05, 0.1) is 35.5 Å². The van der Waals surface area contributed by atoms with E-state index >= 15 is 4.39 Å². The summed E-state index contributed by atoms with van der Waals surface area (Å²) in [4.78, 5) is 29.0. The summed E-state index contributed by atoms with van der Waals surface area (Å²) in [6.45, 7) is 1.32. The minimum atomic E-state index is -4.91. The third-order valence-corrected chi connectivity index (χ3v) is 6.12. The SMILES string of the molecule is CC(CC(O)Cn1ccc2cc(-c3nc4ccccn4n3)c(F)cc2c1=O)Nc1cn[nH]c(=O)c1C(F)(F)F. The molecule has 2 atom stereocenters. The molecule has 39 heavy (non-hydrogen) atoms. The van der Waals surface area contributed by atoms with Gasteiger partial charge in [0.25, 0.3) is 11.1 Å². The zero-order valence-corrected chi connectivity index (χ0v) is 20.3. The Bertz CT molecular complexity index is 1760. The van der Waals surface area contributed by atoms with Crippen LogP contribution in [0.4, 0.5) is 23.2 Å². The van der Waals surface area contributed by atoms with E-state index in [9.17, 15) is 27.9 Å². The first-order chi connectivity index (χ1) is 18.5. The van der Waals surface area contributed by atoms with Gasteiger partial charge in [-0.25, -0.2) is 19.0 Å². The van der Waals surface area contributed by atoms with Crippen LogP contribution in [0.5, 0.6) is 0 Å². The van der Waals surface area contributed by atoms with E-state index in [4.69, 9.17) is 0 Å². The number of rotatable bonds is 7. The van der Waals surface area contributed by atoms with Crippen LogP contribution in [0.2, 0.25) is 0 Å². The first kappa shape index (κ1) is 26.0. The fraction of sp³-hybridized carbons (Fsp3) is 0.240. The Labute approximate surface area is 216 Å². The van der Waals surface area contributed by atoms with Gasteiger partial charge in [0.1, 0.15) is 11.4 Å². The second-order valence-electron chi connectivity index (χ2n) is 9.05. The Balaban J connectivity index is 1.34. The molecular formula is C25H21F4N7O3. The number of nitrogens with one attached hydrogen (secondary N) is 2. The first-order valence-corrected chi connectivity index (χ1v) is 11.7. The number of aliphatic hydroxyl groups excluding tert-OH is 1. The second kappa shape index (κ2) is 9.94. The van der Waals surface area contributed by atoms with Gasteiger partial charge < -0.3 is 15.0 Å². The number of hydrogen-bond donors (Lipinski definition) is 3. The molecule has 0 radical (unpaired) electrons. The highest BCUT2D eigenvalue weighted by Gasteiger charge is 2.37. The van der Waals surface area contributed by atoms with Crippen molar-refractivity contribution in [1.82, 2.24) is 29.4 Å². The molecule has 5 rings (SSSR count). The Kier molecular flexibility index (Phi) is 6.64. The summed E-state index contributed by atoms with van der Waals surface area (Å²) < 4.78 is 57.5. The number of alkyl halides is 3. The summed E-state index contributed by atoms with van der Waals surface area (Å²) in [7, 11) is 0. The molecular weight excluding hydrogens is 522 g/mol. The standard InChI is InChI=1S/C25H21F4N7O3/c1-13(31-19-11-30-33-23(38)21(19)25(27,28)29)8-15(37)12-35-7-5-14-9-17(18(26)10-16(14)24(35)39)22-32-20-4-2-3-6-36(20)34-22/h2-7,9-11,13,15,37H,8,12H2,1H3,(H2,31,33,38). The number of nitrogens with zero attached hydrogens (tertiary/aromatic N) is 5. The summed E-state index contributed by atoms with van der Waals surface area (Å²) in [6, 6.07) is 8.68. The Morgan fingerprint density at radius 3 is 2.69 bits per heavy atom. The third-order valence-electron chi connectivity index (χ3n) is 6.12. The van der Waals surface area contributed by atoms with Crippen molar-refractivity contribution in [3.05, 3.63) is 87.1 Å². The van der Waals surface area contributed by atoms with Crippen molar-refractivity contribution < 1.29 is 22.7 Å². The molecule has 0 fully saturated rings. The third kappa shape index (κ3) is 5.23. The maximum atomic E-state index is 15.0. The average molecular weight is 543 g/mol. The van der Waals surface area contributed by atoms with Crippen LogP contribution in [0.1, 0.15) is 18.9 Å². The van der Waals surface area contributed by atoms with Gasteiger partial charge in [-0.15, -0.1) is 5.10 Å². The van der Waals surface area contributed by atoms with E-state index < -0.39 is 46.5 Å². The van der Waals surface area contributed by atoms with Crippen molar-refractivity contribution in [2.75, 3.05) is 5.32 Å². The Morgan fingerprint density at radius 2 is 1.95 bits per heavy atom. The summed E-state index contributed by atoms with van der Waals surface area (Å²) in [5, 5.41) is 23.0. The van der Waals surface area contributed by atoms with Gasteiger partial charge in [-0.1, -0.05) is 6.07 Å². The number of fused-ring (bicyclic) bond motifs is 2. The number of halogens is 4. The first-order valence-electron chi connectivity index (χ1n) is 11.7. The van der Waals surface area contributed by atoms with E-state index in [1.165, 1.54) is 28.3 Å². The molecule has 0 saturated carbocycles. The van der Waals surface area contributed by atoms with Crippen molar-refractivity contribution >= 4 is 22.1 Å². The number of hydrogen-bond acceptors (Lipinski definition) is 7. The lowest BCUT2D eigenvalue weighted by Crippen LogP contribution is -2.32. The minimum absolute atomic E-state index is 0.0680. The summed E-state index contributed by atoms with van der Waals surface area (Å²) >= 11 is 0. The van der Waals surface area contributed by atoms with Gasteiger partial charge in [-0.05, 0) is 49.1 Å². The maximum absolute atomic E-state index is 15.0. The zero-order chi connectivity index (χ0) is 27.9. The van der Waals surface area contributed by atoms with E-state index in [0.717, 1.165) is 12.3 Å². The monoisotopic (exact) mass is 543 g/mol. The summed E-state index contributed by atoms with van der Waals surface area (Å²) in [5.74, 6) is -0.537. The number of benzene rings is 1. The molecule has 0 aliphatic carbocycles. The second-order valence-corrected chi connectivity index (χ2v) is 9.05. The van der Waals surface area contributed by atoms with Gasteiger partial charge in [0, 0.05) is 18.4 Å². The van der Waals surface area contributed by atoms with E-state index in [-0.39, 0.29) is 29.7 Å². The molecule has 202 valence electrons. The quantitative estimate of drug-likeness (QED) is 0.269. The predicted octanol–water partition coefficient (Wildman–Crippen LogP) is 3.20. The normalized spacial score (nSPS) is 13.6. The molecule has 0 spiro atoms. The molecule has 10 nitrogen and oxygen atoms in total. The van der Waals surface area contributed by atoms with Gasteiger partial charge in [-0.2, -0.15) is 18.3 Å². The molecule has 0 aliphatic rings. The molecule has 0 saturated heterocycles. The molecule has 2 unspecified atom stereocenters. The van der Waals surface area contributed by atoms with E-state index in [0.29, 0.717) is 11.0 Å². The topological polar surface area (TPSA) is 130 Å². The number of aromatic amines is 1. The molecule has 1 aromatic carbocycles. The molecule has 3 N–H and O–H groups in total. The van der Waals surface area contributed by atoms with Crippen molar-refractivity contribution in [1.29, 1.82) is 0 Å². The number of aromatic nitrogens is 6. The number of anilines is 1. The van der Waals surface area contributed by atoms with Crippen LogP contribution in [0.15, 0.2) is 64.6 Å². The van der Waals surface area contributed by atoms with Crippen LogP contribution in [0.25, 0.3) is 27.8 Å². The summed E-state index contributed by atoms with van der Waals surface area (Å²) in [5.41, 5.74) is -3.25. The van der Waals surface area contributed by atoms with Gasteiger partial charge in [0.2, 0.25) is 0 Å². The lowest BCUT2D eigenvalue weighted by atomic mass is 10.1. The van der Waals surface area contributed by atoms with Gasteiger partial charge in [-0.3, -0.25) is 9.59 Å². The predicted molar refractivity (Wildman–Crippen MR) is 134 cm³/mol. The molecule has 0 amide bonds. The van der Waals surface area contributed by atoms with Crippen LogP contribution in [-0.2, 0) is 12.7 Å². The number of H-pyrrole nitrogens is 1. The van der Waals surface area contributed by atoms with Gasteiger partial charge >= 0.3 is 6.18 Å². The minimum Gasteiger partial charge on any atom is -0.391 e. The largest absolute Gasteiger partial charge is 0.423 e. The van der Waals surface area contributed by atoms with Crippen LogP contribution in [0.3, 0.4) is 0 Å². The highest BCUT2D eigenvalue weighted by atomic mass is 19.4. The van der Waals surface area contributed by atoms with Crippen LogP contribution in [-0.4, -0.2) is 46.6 Å². The highest BCUT2D eigenvalue weighted by molar-refractivity contribution is 5.86. The Hall–Kier alpha value is -4.59. The average Bonchev–Trinajstić information content (AvgIpc) is 3.29. The number of aliphatic hydroxyl groups is 1. The summed E-state index contributed by atoms with van der Waals surface area (Å²) in [6.07, 6.45) is -2.18. The fourth-order valence-corrected chi connectivity index (χ4v) is 4.39.